The lowest BCUT2D eigenvalue weighted by Gasteiger charge is -2.20. The number of amides is 2. The second-order valence-electron chi connectivity index (χ2n) is 8.36. The van der Waals surface area contributed by atoms with Gasteiger partial charge in [0.25, 0.3) is 5.91 Å². The van der Waals surface area contributed by atoms with E-state index in [2.05, 4.69) is 27.9 Å². The summed E-state index contributed by atoms with van der Waals surface area (Å²) < 4.78 is 16.0. The van der Waals surface area contributed by atoms with Crippen molar-refractivity contribution in [2.24, 2.45) is 0 Å². The Balaban J connectivity index is 1.16. The highest BCUT2D eigenvalue weighted by atomic mass is 16.6. The van der Waals surface area contributed by atoms with Crippen LogP contribution in [0.4, 0.5) is 4.79 Å². The first-order chi connectivity index (χ1) is 17.0. The SMILES string of the molecule is O=C(N[C@H]1CCO[C@H]1C(=O)NCc1cc(C(=O)O)no1)OCC1c2ccccc2-c2ccccc21. The number of ether oxygens (including phenoxy) is 2. The molecule has 1 aromatic heterocycles. The summed E-state index contributed by atoms with van der Waals surface area (Å²) in [5, 5.41) is 17.6. The van der Waals surface area contributed by atoms with Gasteiger partial charge >= 0.3 is 12.1 Å². The van der Waals surface area contributed by atoms with E-state index in [9.17, 15) is 14.4 Å². The van der Waals surface area contributed by atoms with Gasteiger partial charge in [-0.15, -0.1) is 0 Å². The normalized spacial score (nSPS) is 18.5. The summed E-state index contributed by atoms with van der Waals surface area (Å²) in [6, 6.07) is 16.8. The summed E-state index contributed by atoms with van der Waals surface area (Å²) in [7, 11) is 0. The number of carboxylic acids is 1. The summed E-state index contributed by atoms with van der Waals surface area (Å²) in [5.41, 5.74) is 4.25. The number of carbonyl (C=O) groups is 3. The summed E-state index contributed by atoms with van der Waals surface area (Å²) in [4.78, 5) is 36.1. The Kier molecular flexibility index (Phi) is 6.19. The lowest BCUT2D eigenvalue weighted by atomic mass is 9.98. The minimum absolute atomic E-state index is 0.0589. The van der Waals surface area contributed by atoms with E-state index in [4.69, 9.17) is 19.1 Å². The third kappa shape index (κ3) is 4.60. The number of rotatable bonds is 7. The summed E-state index contributed by atoms with van der Waals surface area (Å²) in [6.45, 7) is 0.413. The molecule has 2 amide bonds. The predicted octanol–water partition coefficient (Wildman–Crippen LogP) is 2.69. The van der Waals surface area contributed by atoms with E-state index in [1.165, 1.54) is 6.07 Å². The van der Waals surface area contributed by atoms with Gasteiger partial charge in [0.1, 0.15) is 6.61 Å². The topological polar surface area (TPSA) is 140 Å². The number of aromatic carboxylic acids is 1. The van der Waals surface area contributed by atoms with Gasteiger partial charge in [-0.3, -0.25) is 4.79 Å². The molecule has 0 spiro atoms. The molecule has 1 fully saturated rings. The van der Waals surface area contributed by atoms with Crippen molar-refractivity contribution in [2.45, 2.75) is 31.0 Å². The molecular formula is C25H23N3O7. The number of nitrogens with one attached hydrogen (secondary N) is 2. The first kappa shape index (κ1) is 22.6. The summed E-state index contributed by atoms with van der Waals surface area (Å²) >= 11 is 0. The molecule has 2 heterocycles. The molecule has 10 heteroatoms. The largest absolute Gasteiger partial charge is 0.476 e. The molecule has 1 saturated heterocycles. The lowest BCUT2D eigenvalue weighted by Crippen LogP contribution is -2.48. The Bertz CT molecular complexity index is 1230. The van der Waals surface area contributed by atoms with E-state index < -0.39 is 30.1 Å². The third-order valence-electron chi connectivity index (χ3n) is 6.21. The zero-order valence-corrected chi connectivity index (χ0v) is 18.6. The van der Waals surface area contributed by atoms with Crippen LogP contribution in [0, 0.1) is 0 Å². The lowest BCUT2D eigenvalue weighted by molar-refractivity contribution is -0.131. The first-order valence-corrected chi connectivity index (χ1v) is 11.2. The van der Waals surface area contributed by atoms with E-state index in [1.807, 2.05) is 36.4 Å². The zero-order valence-electron chi connectivity index (χ0n) is 18.6. The number of hydrogen-bond acceptors (Lipinski definition) is 7. The number of benzene rings is 2. The zero-order chi connectivity index (χ0) is 24.4. The van der Waals surface area contributed by atoms with Crippen molar-refractivity contribution in [3.05, 3.63) is 77.2 Å². The molecule has 1 aliphatic heterocycles. The van der Waals surface area contributed by atoms with E-state index in [0.717, 1.165) is 22.3 Å². The van der Waals surface area contributed by atoms with Crippen molar-refractivity contribution in [1.29, 1.82) is 0 Å². The first-order valence-electron chi connectivity index (χ1n) is 11.2. The van der Waals surface area contributed by atoms with Crippen LogP contribution in [0.5, 0.6) is 0 Å². The maximum Gasteiger partial charge on any atom is 0.407 e. The van der Waals surface area contributed by atoms with Crippen LogP contribution in [0.15, 0.2) is 59.1 Å². The molecule has 35 heavy (non-hydrogen) atoms. The van der Waals surface area contributed by atoms with Crippen LogP contribution >= 0.6 is 0 Å². The molecule has 5 rings (SSSR count). The number of fused-ring (bicyclic) bond motifs is 3. The monoisotopic (exact) mass is 477 g/mol. The second-order valence-corrected chi connectivity index (χ2v) is 8.36. The van der Waals surface area contributed by atoms with Crippen LogP contribution in [-0.4, -0.2) is 53.6 Å². The van der Waals surface area contributed by atoms with E-state index in [1.54, 1.807) is 0 Å². The van der Waals surface area contributed by atoms with Crippen molar-refractivity contribution in [3.8, 4) is 11.1 Å². The third-order valence-corrected chi connectivity index (χ3v) is 6.21. The summed E-state index contributed by atoms with van der Waals surface area (Å²) in [5.74, 6) is -1.56. The molecule has 180 valence electrons. The van der Waals surface area contributed by atoms with Crippen LogP contribution in [-0.2, 0) is 20.8 Å². The molecule has 0 radical (unpaired) electrons. The number of alkyl carbamates (subject to hydrolysis) is 1. The van der Waals surface area contributed by atoms with Gasteiger partial charge in [0.05, 0.1) is 12.6 Å². The molecule has 2 atom stereocenters. The van der Waals surface area contributed by atoms with E-state index >= 15 is 0 Å². The van der Waals surface area contributed by atoms with Crippen molar-refractivity contribution < 1.29 is 33.5 Å². The second kappa shape index (κ2) is 9.59. The molecule has 2 aromatic carbocycles. The smallest absolute Gasteiger partial charge is 0.407 e. The fraction of sp³-hybridized carbons (Fsp3) is 0.280. The van der Waals surface area contributed by atoms with Crippen molar-refractivity contribution in [2.75, 3.05) is 13.2 Å². The minimum atomic E-state index is -1.22. The fourth-order valence-electron chi connectivity index (χ4n) is 4.56. The molecule has 0 saturated carbocycles. The Morgan fingerprint density at radius 3 is 2.40 bits per heavy atom. The Hall–Kier alpha value is -4.18. The van der Waals surface area contributed by atoms with Gasteiger partial charge in [-0.25, -0.2) is 9.59 Å². The molecule has 0 unspecified atom stereocenters. The molecule has 0 bridgehead atoms. The van der Waals surface area contributed by atoms with Crippen LogP contribution in [0.25, 0.3) is 11.1 Å². The van der Waals surface area contributed by atoms with Crippen LogP contribution in [0.2, 0.25) is 0 Å². The molecule has 2 aliphatic rings. The van der Waals surface area contributed by atoms with Crippen molar-refractivity contribution >= 4 is 18.0 Å². The van der Waals surface area contributed by atoms with Gasteiger partial charge in [-0.2, -0.15) is 0 Å². The number of aromatic nitrogens is 1. The highest BCUT2D eigenvalue weighted by molar-refractivity contribution is 5.85. The highest BCUT2D eigenvalue weighted by Crippen LogP contribution is 2.44. The standard InChI is InChI=1S/C25H23N3O7/c29-23(26-12-14-11-21(24(30)31)28-35-14)22-20(9-10-33-22)27-25(32)34-13-19-17-7-3-1-5-15(17)16-6-2-4-8-18(16)19/h1-8,11,19-20,22H,9-10,12-13H2,(H,26,29)(H,27,32)(H,30,31)/t20-,22+/m0/s1. The van der Waals surface area contributed by atoms with Gasteiger partial charge < -0.3 is 29.7 Å². The average molecular weight is 477 g/mol. The minimum Gasteiger partial charge on any atom is -0.476 e. The quantitative estimate of drug-likeness (QED) is 0.472. The summed E-state index contributed by atoms with van der Waals surface area (Å²) in [6.07, 6.45) is -1.08. The molecule has 1 aliphatic carbocycles. The van der Waals surface area contributed by atoms with Gasteiger partial charge in [0.2, 0.25) is 0 Å². The average Bonchev–Trinajstić information content (AvgIpc) is 3.59. The van der Waals surface area contributed by atoms with Gasteiger partial charge in [-0.1, -0.05) is 53.7 Å². The number of carboxylic acid groups (broad SMARTS) is 1. The highest BCUT2D eigenvalue weighted by Gasteiger charge is 2.36. The van der Waals surface area contributed by atoms with Crippen LogP contribution < -0.4 is 10.6 Å². The van der Waals surface area contributed by atoms with Gasteiger partial charge in [0, 0.05) is 18.6 Å². The van der Waals surface area contributed by atoms with Gasteiger partial charge in [-0.05, 0) is 28.7 Å². The van der Waals surface area contributed by atoms with E-state index in [0.29, 0.717) is 13.0 Å². The Morgan fingerprint density at radius 2 is 1.74 bits per heavy atom. The van der Waals surface area contributed by atoms with Gasteiger partial charge in [0.15, 0.2) is 17.6 Å². The van der Waals surface area contributed by atoms with Crippen LogP contribution in [0.3, 0.4) is 0 Å². The number of nitrogens with zero attached hydrogens (tertiary/aromatic N) is 1. The van der Waals surface area contributed by atoms with E-state index in [-0.39, 0.29) is 30.5 Å². The predicted molar refractivity (Wildman–Crippen MR) is 122 cm³/mol. The maximum absolute atomic E-state index is 12.6. The molecule has 10 nitrogen and oxygen atoms in total. The molecular weight excluding hydrogens is 454 g/mol. The molecule has 3 N–H and O–H groups in total. The maximum atomic E-state index is 12.6. The van der Waals surface area contributed by atoms with Crippen molar-refractivity contribution in [3.63, 3.8) is 0 Å². The Labute approximate surface area is 200 Å². The fourth-order valence-corrected chi connectivity index (χ4v) is 4.56. The van der Waals surface area contributed by atoms with Crippen LogP contribution in [0.1, 0.15) is 39.7 Å². The van der Waals surface area contributed by atoms with Crippen molar-refractivity contribution in [1.82, 2.24) is 15.8 Å². The number of hydrogen-bond donors (Lipinski definition) is 3. The molecule has 3 aromatic rings. The number of carbonyl (C=O) groups excluding carboxylic acids is 2. The Morgan fingerprint density at radius 1 is 1.06 bits per heavy atom.